The van der Waals surface area contributed by atoms with Crippen molar-refractivity contribution in [2.45, 2.75) is 54.7 Å². The number of rotatable bonds is 3. The van der Waals surface area contributed by atoms with Crippen LogP contribution in [0.4, 0.5) is 8.78 Å². The zero-order chi connectivity index (χ0) is 23.4. The molecule has 0 bridgehead atoms. The third-order valence-corrected chi connectivity index (χ3v) is 8.56. The number of sulfone groups is 1. The van der Waals surface area contributed by atoms with Crippen molar-refractivity contribution in [3.8, 4) is 11.5 Å². The predicted octanol–water partition coefficient (Wildman–Crippen LogP) is 4.48. The van der Waals surface area contributed by atoms with Gasteiger partial charge in [-0.3, -0.25) is 4.79 Å². The molecule has 1 saturated carbocycles. The highest BCUT2D eigenvalue weighted by Crippen LogP contribution is 2.52. The largest absolute Gasteiger partial charge is 0.486 e. The maximum atomic E-state index is 13.5. The summed E-state index contributed by atoms with van der Waals surface area (Å²) in [6, 6.07) is 8.59. The summed E-state index contributed by atoms with van der Waals surface area (Å²) in [6.07, 6.45) is 4.07. The number of benzene rings is 2. The van der Waals surface area contributed by atoms with Crippen LogP contribution in [0.1, 0.15) is 60.1 Å². The lowest BCUT2D eigenvalue weighted by atomic mass is 9.71. The zero-order valence-electron chi connectivity index (χ0n) is 18.2. The van der Waals surface area contributed by atoms with Crippen molar-refractivity contribution in [3.05, 3.63) is 53.1 Å². The van der Waals surface area contributed by atoms with Gasteiger partial charge in [-0.2, -0.15) is 8.78 Å². The monoisotopic (exact) mass is 477 g/mol. The number of halogens is 2. The van der Waals surface area contributed by atoms with Gasteiger partial charge in [0.2, 0.25) is 9.84 Å². The molecule has 176 valence electrons. The van der Waals surface area contributed by atoms with E-state index in [1.807, 2.05) is 13.0 Å². The third kappa shape index (κ3) is 3.57. The fourth-order valence-corrected chi connectivity index (χ4v) is 6.13. The molecular weight excluding hydrogens is 452 g/mol. The number of carbonyl (C=O) groups is 1. The van der Waals surface area contributed by atoms with Gasteiger partial charge >= 0.3 is 5.76 Å². The normalized spacial score (nSPS) is 21.3. The van der Waals surface area contributed by atoms with Crippen LogP contribution in [0.2, 0.25) is 0 Å². The number of fused-ring (bicyclic) bond motifs is 3. The smallest absolute Gasteiger partial charge is 0.341 e. The van der Waals surface area contributed by atoms with Crippen molar-refractivity contribution < 1.29 is 31.5 Å². The summed E-state index contributed by atoms with van der Waals surface area (Å²) in [7, 11) is -4.71. The van der Waals surface area contributed by atoms with Crippen LogP contribution >= 0.6 is 0 Å². The van der Waals surface area contributed by atoms with Gasteiger partial charge in [-0.25, -0.2) is 8.42 Å². The third-order valence-electron chi connectivity index (χ3n) is 7.16. The molecule has 6 nitrogen and oxygen atoms in total. The number of nitrogens with zero attached hydrogens (tertiary/aromatic N) is 1. The number of hydrogen-bond donors (Lipinski definition) is 0. The van der Waals surface area contributed by atoms with E-state index in [9.17, 15) is 22.0 Å². The lowest BCUT2D eigenvalue weighted by molar-refractivity contribution is 0.0593. The van der Waals surface area contributed by atoms with E-state index < -0.39 is 20.5 Å². The Labute approximate surface area is 191 Å². The topological polar surface area (TPSA) is 72.9 Å². The van der Waals surface area contributed by atoms with E-state index in [0.717, 1.165) is 49.1 Å². The number of hydrogen-bond acceptors (Lipinski definition) is 5. The van der Waals surface area contributed by atoms with Crippen LogP contribution in [0.25, 0.3) is 0 Å². The molecule has 0 radical (unpaired) electrons. The summed E-state index contributed by atoms with van der Waals surface area (Å²) < 4.78 is 60.7. The van der Waals surface area contributed by atoms with E-state index in [2.05, 4.69) is 6.07 Å². The van der Waals surface area contributed by atoms with Crippen LogP contribution in [0, 0.1) is 0 Å². The molecule has 1 fully saturated rings. The first-order valence-corrected chi connectivity index (χ1v) is 12.6. The molecule has 1 unspecified atom stereocenters. The van der Waals surface area contributed by atoms with Gasteiger partial charge in [0, 0.05) is 17.5 Å². The molecule has 0 N–H and O–H groups in total. The molecule has 1 amide bonds. The molecule has 2 aliphatic heterocycles. The number of carbonyl (C=O) groups excluding carboxylic acids is 1. The SMILES string of the molecule is CC1c2cc3c(cc2C2(CCCC2)CN1C(=O)c1ccc(S(=O)(=O)C(F)F)cc1)OCCO3. The molecule has 9 heteroatoms. The van der Waals surface area contributed by atoms with Crippen molar-refractivity contribution in [3.63, 3.8) is 0 Å². The van der Waals surface area contributed by atoms with Crippen molar-refractivity contribution in [2.75, 3.05) is 19.8 Å². The summed E-state index contributed by atoms with van der Waals surface area (Å²) in [4.78, 5) is 14.8. The standard InChI is InChI=1S/C24H25F2NO5S/c1-15-18-12-20-21(32-11-10-31-20)13-19(18)24(8-2-3-9-24)14-27(15)22(28)16-4-6-17(7-5-16)33(29,30)23(25)26/h4-7,12-13,15,23H,2-3,8-11,14H2,1H3. The zero-order valence-corrected chi connectivity index (χ0v) is 19.0. The lowest BCUT2D eigenvalue weighted by Gasteiger charge is -2.46. The fourth-order valence-electron chi connectivity index (χ4n) is 5.41. The van der Waals surface area contributed by atoms with Crippen LogP contribution in [0.5, 0.6) is 11.5 Å². The molecule has 1 spiro atoms. The number of ether oxygens (including phenoxy) is 2. The minimum absolute atomic E-state index is 0.174. The minimum atomic E-state index is -4.71. The maximum Gasteiger partial charge on any atom is 0.341 e. The fraction of sp³-hybridized carbons (Fsp3) is 0.458. The lowest BCUT2D eigenvalue weighted by Crippen LogP contribution is -2.48. The molecular formula is C24H25F2NO5S. The Balaban J connectivity index is 1.51. The maximum absolute atomic E-state index is 13.5. The Bertz CT molecular complexity index is 1190. The minimum Gasteiger partial charge on any atom is -0.486 e. The quantitative estimate of drug-likeness (QED) is 0.652. The van der Waals surface area contributed by atoms with E-state index >= 15 is 0 Å². The van der Waals surface area contributed by atoms with Crippen LogP contribution in [-0.4, -0.2) is 44.7 Å². The molecule has 33 heavy (non-hydrogen) atoms. The van der Waals surface area contributed by atoms with Crippen molar-refractivity contribution in [1.29, 1.82) is 0 Å². The van der Waals surface area contributed by atoms with Gasteiger partial charge in [0.15, 0.2) is 11.5 Å². The van der Waals surface area contributed by atoms with E-state index in [-0.39, 0.29) is 22.9 Å². The Kier molecular flexibility index (Phi) is 5.34. The highest BCUT2D eigenvalue weighted by atomic mass is 32.2. The number of amides is 1. The second kappa shape index (κ2) is 7.97. The summed E-state index contributed by atoms with van der Waals surface area (Å²) in [5.74, 6) is -2.34. The summed E-state index contributed by atoms with van der Waals surface area (Å²) in [5, 5.41) is 0. The van der Waals surface area contributed by atoms with Gasteiger partial charge in [-0.05, 0) is 67.3 Å². The Morgan fingerprint density at radius 3 is 2.27 bits per heavy atom. The highest BCUT2D eigenvalue weighted by Gasteiger charge is 2.46. The predicted molar refractivity (Wildman–Crippen MR) is 117 cm³/mol. The molecule has 0 saturated heterocycles. The molecule has 0 aromatic heterocycles. The van der Waals surface area contributed by atoms with E-state index in [0.29, 0.717) is 25.5 Å². The van der Waals surface area contributed by atoms with Gasteiger partial charge in [0.25, 0.3) is 5.91 Å². The second-order valence-corrected chi connectivity index (χ2v) is 10.9. The summed E-state index contributed by atoms with van der Waals surface area (Å²) in [5.41, 5.74) is 2.33. The molecule has 3 aliphatic rings. The average Bonchev–Trinajstić information content (AvgIpc) is 3.29. The first kappa shape index (κ1) is 22.1. The van der Waals surface area contributed by atoms with E-state index in [1.165, 1.54) is 17.7 Å². The van der Waals surface area contributed by atoms with Gasteiger partial charge in [0.05, 0.1) is 10.9 Å². The van der Waals surface area contributed by atoms with Gasteiger partial charge in [-0.15, -0.1) is 0 Å². The van der Waals surface area contributed by atoms with Crippen molar-refractivity contribution >= 4 is 15.7 Å². The van der Waals surface area contributed by atoms with Crippen molar-refractivity contribution in [1.82, 2.24) is 4.90 Å². The van der Waals surface area contributed by atoms with Gasteiger partial charge in [-0.1, -0.05) is 12.8 Å². The van der Waals surface area contributed by atoms with Crippen LogP contribution < -0.4 is 9.47 Å². The second-order valence-electron chi connectivity index (χ2n) is 9.01. The molecule has 1 atom stereocenters. The molecule has 2 aromatic rings. The van der Waals surface area contributed by atoms with E-state index in [1.54, 1.807) is 4.90 Å². The Morgan fingerprint density at radius 1 is 1.06 bits per heavy atom. The highest BCUT2D eigenvalue weighted by molar-refractivity contribution is 7.91. The molecule has 1 aliphatic carbocycles. The van der Waals surface area contributed by atoms with Gasteiger partial charge < -0.3 is 14.4 Å². The van der Waals surface area contributed by atoms with Crippen molar-refractivity contribution in [2.24, 2.45) is 0 Å². The first-order valence-electron chi connectivity index (χ1n) is 11.1. The number of alkyl halides is 2. The molecule has 2 heterocycles. The first-order chi connectivity index (χ1) is 15.7. The van der Waals surface area contributed by atoms with Crippen LogP contribution in [0.15, 0.2) is 41.3 Å². The Hall–Kier alpha value is -2.68. The Morgan fingerprint density at radius 2 is 1.67 bits per heavy atom. The van der Waals surface area contributed by atoms with Crippen LogP contribution in [0.3, 0.4) is 0 Å². The van der Waals surface area contributed by atoms with Gasteiger partial charge in [0.1, 0.15) is 13.2 Å². The summed E-state index contributed by atoms with van der Waals surface area (Å²) in [6.45, 7) is 3.49. The van der Waals surface area contributed by atoms with E-state index in [4.69, 9.17) is 9.47 Å². The molecule has 5 rings (SSSR count). The molecule has 2 aromatic carbocycles. The summed E-state index contributed by atoms with van der Waals surface area (Å²) >= 11 is 0. The average molecular weight is 478 g/mol. The van der Waals surface area contributed by atoms with Crippen LogP contribution in [-0.2, 0) is 15.3 Å².